The Hall–Kier alpha value is -0.220. The Bertz CT molecular complexity index is 174. The molecule has 2 unspecified atom stereocenters. The number of amides is 1. The Morgan fingerprint density at radius 3 is 2.83 bits per heavy atom. The largest absolute Gasteiger partial charge is 0.616 e. The Balaban J connectivity index is 2.42. The fraction of sp³-hybridized carbons (Fsp3) is 0.875. The SMILES string of the molecule is CCC(=O)N(C)C1CC[S+]([O-])C1. The van der Waals surface area contributed by atoms with Crippen LogP contribution < -0.4 is 0 Å². The lowest BCUT2D eigenvalue weighted by molar-refractivity contribution is -0.131. The van der Waals surface area contributed by atoms with Crippen molar-refractivity contribution in [3.8, 4) is 0 Å². The highest BCUT2D eigenvalue weighted by Gasteiger charge is 2.30. The van der Waals surface area contributed by atoms with E-state index >= 15 is 0 Å². The maximum absolute atomic E-state index is 11.2. The van der Waals surface area contributed by atoms with Crippen molar-refractivity contribution in [1.82, 2.24) is 4.90 Å². The molecular formula is C8H15NO2S. The second-order valence-electron chi connectivity index (χ2n) is 3.11. The summed E-state index contributed by atoms with van der Waals surface area (Å²) >= 11 is -0.686. The van der Waals surface area contributed by atoms with Crippen LogP contribution in [0.1, 0.15) is 19.8 Å². The van der Waals surface area contributed by atoms with Crippen molar-refractivity contribution in [2.75, 3.05) is 18.6 Å². The lowest BCUT2D eigenvalue weighted by Crippen LogP contribution is -2.37. The Morgan fingerprint density at radius 1 is 1.75 bits per heavy atom. The van der Waals surface area contributed by atoms with Crippen LogP contribution in [-0.2, 0) is 16.0 Å². The molecule has 0 saturated carbocycles. The third-order valence-corrected chi connectivity index (χ3v) is 3.75. The van der Waals surface area contributed by atoms with E-state index in [0.717, 1.165) is 12.2 Å². The molecule has 1 rings (SSSR count). The van der Waals surface area contributed by atoms with Crippen LogP contribution in [0.3, 0.4) is 0 Å². The van der Waals surface area contributed by atoms with Crippen LogP contribution in [0.25, 0.3) is 0 Å². The lowest BCUT2D eigenvalue weighted by atomic mass is 10.2. The highest BCUT2D eigenvalue weighted by Crippen LogP contribution is 2.16. The van der Waals surface area contributed by atoms with Gasteiger partial charge in [-0.25, -0.2) is 0 Å². The van der Waals surface area contributed by atoms with E-state index in [1.165, 1.54) is 0 Å². The molecule has 1 fully saturated rings. The first-order valence-corrected chi connectivity index (χ1v) is 5.74. The number of nitrogens with zero attached hydrogens (tertiary/aromatic N) is 1. The molecule has 0 aromatic carbocycles. The van der Waals surface area contributed by atoms with Gasteiger partial charge in [0.15, 0.2) is 0 Å². The van der Waals surface area contributed by atoms with Crippen LogP contribution in [0.2, 0.25) is 0 Å². The molecule has 1 heterocycles. The minimum absolute atomic E-state index is 0.152. The van der Waals surface area contributed by atoms with Gasteiger partial charge in [-0.05, 0) is 0 Å². The average Bonchev–Trinajstić information content (AvgIpc) is 2.49. The van der Waals surface area contributed by atoms with Gasteiger partial charge in [-0.15, -0.1) is 0 Å². The Kier molecular flexibility index (Phi) is 3.40. The molecule has 0 aromatic heterocycles. The summed E-state index contributed by atoms with van der Waals surface area (Å²) in [5.74, 6) is 1.58. The summed E-state index contributed by atoms with van der Waals surface area (Å²) in [6.45, 7) is 1.85. The van der Waals surface area contributed by atoms with Crippen molar-refractivity contribution in [2.24, 2.45) is 0 Å². The first-order chi connectivity index (χ1) is 5.65. The van der Waals surface area contributed by atoms with E-state index in [-0.39, 0.29) is 11.9 Å². The van der Waals surface area contributed by atoms with Gasteiger partial charge in [-0.2, -0.15) is 0 Å². The molecule has 70 valence electrons. The van der Waals surface area contributed by atoms with Crippen LogP contribution in [0.5, 0.6) is 0 Å². The van der Waals surface area contributed by atoms with E-state index in [1.807, 2.05) is 6.92 Å². The molecule has 0 bridgehead atoms. The molecule has 0 aliphatic carbocycles. The van der Waals surface area contributed by atoms with Gasteiger partial charge in [0.1, 0.15) is 11.5 Å². The monoisotopic (exact) mass is 189 g/mol. The fourth-order valence-electron chi connectivity index (χ4n) is 1.41. The number of hydrogen-bond acceptors (Lipinski definition) is 2. The normalized spacial score (nSPS) is 28.9. The van der Waals surface area contributed by atoms with E-state index in [0.29, 0.717) is 12.2 Å². The average molecular weight is 189 g/mol. The quantitative estimate of drug-likeness (QED) is 0.589. The molecule has 12 heavy (non-hydrogen) atoms. The van der Waals surface area contributed by atoms with E-state index in [2.05, 4.69) is 0 Å². The minimum Gasteiger partial charge on any atom is -0.616 e. The van der Waals surface area contributed by atoms with Crippen molar-refractivity contribution in [3.05, 3.63) is 0 Å². The second kappa shape index (κ2) is 4.14. The zero-order valence-corrected chi connectivity index (χ0v) is 8.39. The standard InChI is InChI=1S/C8H15NO2S/c1-3-8(10)9(2)7-4-5-12(11)6-7/h7H,3-6H2,1-2H3. The van der Waals surface area contributed by atoms with Crippen molar-refractivity contribution in [3.63, 3.8) is 0 Å². The first-order valence-electron chi connectivity index (χ1n) is 4.25. The molecular weight excluding hydrogens is 174 g/mol. The minimum atomic E-state index is -0.686. The topological polar surface area (TPSA) is 43.4 Å². The van der Waals surface area contributed by atoms with Gasteiger partial charge in [0.05, 0.1) is 6.04 Å². The van der Waals surface area contributed by atoms with Crippen LogP contribution >= 0.6 is 0 Å². The van der Waals surface area contributed by atoms with Gasteiger partial charge in [0.25, 0.3) is 0 Å². The zero-order valence-electron chi connectivity index (χ0n) is 7.58. The van der Waals surface area contributed by atoms with Crippen molar-refractivity contribution in [2.45, 2.75) is 25.8 Å². The van der Waals surface area contributed by atoms with Crippen LogP contribution in [0, 0.1) is 0 Å². The Labute approximate surface area is 76.3 Å². The Morgan fingerprint density at radius 2 is 2.42 bits per heavy atom. The summed E-state index contributed by atoms with van der Waals surface area (Å²) in [6.07, 6.45) is 1.44. The smallest absolute Gasteiger partial charge is 0.222 e. The van der Waals surface area contributed by atoms with E-state index in [9.17, 15) is 9.35 Å². The predicted molar refractivity (Wildman–Crippen MR) is 49.3 cm³/mol. The number of carbonyl (C=O) groups excluding carboxylic acids is 1. The number of carbonyl (C=O) groups is 1. The summed E-state index contributed by atoms with van der Waals surface area (Å²) in [5.41, 5.74) is 0. The maximum atomic E-state index is 11.2. The van der Waals surface area contributed by atoms with E-state index < -0.39 is 11.2 Å². The van der Waals surface area contributed by atoms with Crippen molar-refractivity contribution < 1.29 is 9.35 Å². The molecule has 3 nitrogen and oxygen atoms in total. The summed E-state index contributed by atoms with van der Waals surface area (Å²) in [7, 11) is 1.80. The molecule has 1 amide bonds. The predicted octanol–water partition coefficient (Wildman–Crippen LogP) is 0.376. The molecule has 0 aromatic rings. The van der Waals surface area contributed by atoms with E-state index in [4.69, 9.17) is 0 Å². The second-order valence-corrected chi connectivity index (χ2v) is 4.73. The zero-order chi connectivity index (χ0) is 9.14. The third kappa shape index (κ3) is 2.14. The molecule has 1 saturated heterocycles. The molecule has 1 aliphatic heterocycles. The highest BCUT2D eigenvalue weighted by atomic mass is 32.2. The van der Waals surface area contributed by atoms with Gasteiger partial charge in [-0.1, -0.05) is 18.1 Å². The van der Waals surface area contributed by atoms with E-state index in [1.54, 1.807) is 11.9 Å². The molecule has 2 atom stereocenters. The summed E-state index contributed by atoms with van der Waals surface area (Å²) in [5, 5.41) is 0. The molecule has 0 radical (unpaired) electrons. The molecule has 4 heteroatoms. The maximum Gasteiger partial charge on any atom is 0.222 e. The lowest BCUT2D eigenvalue weighted by Gasteiger charge is -2.21. The highest BCUT2D eigenvalue weighted by molar-refractivity contribution is 7.91. The number of hydrogen-bond donors (Lipinski definition) is 0. The van der Waals surface area contributed by atoms with Crippen LogP contribution in [-0.4, -0.2) is 40.0 Å². The van der Waals surface area contributed by atoms with Gasteiger partial charge in [0, 0.05) is 19.9 Å². The summed E-state index contributed by atoms with van der Waals surface area (Å²) in [6, 6.07) is 0.221. The third-order valence-electron chi connectivity index (χ3n) is 2.30. The first kappa shape index (κ1) is 9.86. The van der Waals surface area contributed by atoms with Crippen molar-refractivity contribution >= 4 is 17.1 Å². The van der Waals surface area contributed by atoms with Crippen LogP contribution in [0.4, 0.5) is 0 Å². The molecule has 0 N–H and O–H groups in total. The molecule has 1 aliphatic rings. The van der Waals surface area contributed by atoms with Gasteiger partial charge < -0.3 is 9.45 Å². The number of rotatable bonds is 2. The van der Waals surface area contributed by atoms with Gasteiger partial charge in [-0.3, -0.25) is 4.79 Å². The molecule has 0 spiro atoms. The van der Waals surface area contributed by atoms with Crippen LogP contribution in [0.15, 0.2) is 0 Å². The van der Waals surface area contributed by atoms with Gasteiger partial charge >= 0.3 is 0 Å². The summed E-state index contributed by atoms with van der Waals surface area (Å²) in [4.78, 5) is 13.0. The van der Waals surface area contributed by atoms with Crippen molar-refractivity contribution in [1.29, 1.82) is 0 Å². The summed E-state index contributed by atoms with van der Waals surface area (Å²) < 4.78 is 11.0. The van der Waals surface area contributed by atoms with Gasteiger partial charge in [0.2, 0.25) is 5.91 Å². The fourth-order valence-corrected chi connectivity index (χ4v) is 2.93.